The van der Waals surface area contributed by atoms with Crippen LogP contribution in [-0.2, 0) is 24.0 Å². The molecule has 0 saturated carbocycles. The van der Waals surface area contributed by atoms with E-state index in [9.17, 15) is 19.5 Å². The van der Waals surface area contributed by atoms with E-state index < -0.39 is 29.4 Å². The number of carbonyl (C=O) groups excluding carboxylic acids is 2. The van der Waals surface area contributed by atoms with Crippen molar-refractivity contribution in [2.75, 3.05) is 5.32 Å². The molecular weight excluding hydrogens is 338 g/mol. The number of oxime groups is 1. The third-order valence-electron chi connectivity index (χ3n) is 2.44. The lowest BCUT2D eigenvalue weighted by atomic mass is 10.2. The molecule has 0 fully saturated rings. The van der Waals surface area contributed by atoms with Crippen molar-refractivity contribution in [3.63, 3.8) is 0 Å². The lowest BCUT2D eigenvalue weighted by Crippen LogP contribution is -2.32. The number of aliphatic carboxylic acids is 1. The number of amides is 1. The lowest BCUT2D eigenvalue weighted by molar-refractivity contribution is -0.169. The van der Waals surface area contributed by atoms with Crippen molar-refractivity contribution in [2.24, 2.45) is 5.16 Å². The average Bonchev–Trinajstić information content (AvgIpc) is 2.89. The number of anilines is 1. The van der Waals surface area contributed by atoms with Crippen molar-refractivity contribution < 1.29 is 29.1 Å². The first-order valence-electron chi connectivity index (χ1n) is 7.04. The highest BCUT2D eigenvalue weighted by atomic mass is 32.1. The molecule has 0 aliphatic rings. The maximum absolute atomic E-state index is 12.0. The van der Waals surface area contributed by atoms with Crippen LogP contribution in [0.1, 0.15) is 39.8 Å². The number of nitrogens with one attached hydrogen (secondary N) is 1. The summed E-state index contributed by atoms with van der Waals surface area (Å²) in [5, 5.41) is 16.7. The normalized spacial score (nSPS) is 13.1. The number of carbonyl (C=O) groups is 3. The predicted molar refractivity (Wildman–Crippen MR) is 87.0 cm³/mol. The van der Waals surface area contributed by atoms with Gasteiger partial charge in [0.2, 0.25) is 18.2 Å². The highest BCUT2D eigenvalue weighted by Crippen LogP contribution is 2.16. The zero-order valence-corrected chi connectivity index (χ0v) is 14.5. The second kappa shape index (κ2) is 8.39. The number of carboxylic acid groups (broad SMARTS) is 1. The summed E-state index contributed by atoms with van der Waals surface area (Å²) >= 11 is 1.03. The number of hydrogen-bond acceptors (Lipinski definition) is 8. The molecular formula is C14H19N3O6S. The summed E-state index contributed by atoms with van der Waals surface area (Å²) in [7, 11) is 0. The number of rotatable bonds is 8. The van der Waals surface area contributed by atoms with E-state index in [-0.39, 0.29) is 17.2 Å². The summed E-state index contributed by atoms with van der Waals surface area (Å²) in [6.45, 7) is 6.81. The zero-order chi connectivity index (χ0) is 18.3. The van der Waals surface area contributed by atoms with E-state index in [0.717, 1.165) is 11.3 Å². The number of esters is 1. The van der Waals surface area contributed by atoms with Gasteiger partial charge in [0.05, 0.1) is 0 Å². The lowest BCUT2D eigenvalue weighted by Gasteiger charge is -2.22. The van der Waals surface area contributed by atoms with Crippen molar-refractivity contribution in [1.29, 1.82) is 0 Å². The molecule has 0 aromatic carbocycles. The Morgan fingerprint density at radius 3 is 2.67 bits per heavy atom. The standard InChI is InChI=1S/C14H19N3O6S/c1-5-9(12(21)22-14(2,3)4)23-17-10(11(19)20)8-6-24-13(16-8)15-7-18/h6-7,9H,5H2,1-4H3,(H,19,20)(H,15,16,18). The molecule has 132 valence electrons. The van der Waals surface area contributed by atoms with E-state index in [0.29, 0.717) is 6.41 Å². The molecule has 1 rings (SSSR count). The number of hydrogen-bond donors (Lipinski definition) is 2. The minimum Gasteiger partial charge on any atom is -0.476 e. The Hall–Kier alpha value is -2.49. The molecule has 1 atom stereocenters. The molecule has 0 aliphatic heterocycles. The summed E-state index contributed by atoms with van der Waals surface area (Å²) < 4.78 is 5.18. The summed E-state index contributed by atoms with van der Waals surface area (Å²) in [5.41, 5.74) is -1.17. The van der Waals surface area contributed by atoms with E-state index in [1.165, 1.54) is 5.38 Å². The van der Waals surface area contributed by atoms with Crippen LogP contribution in [0.5, 0.6) is 0 Å². The summed E-state index contributed by atoms with van der Waals surface area (Å²) in [5.74, 6) is -2.02. The smallest absolute Gasteiger partial charge is 0.360 e. The molecule has 2 N–H and O–H groups in total. The van der Waals surface area contributed by atoms with Gasteiger partial charge >= 0.3 is 11.9 Å². The number of nitrogens with zero attached hydrogens (tertiary/aromatic N) is 2. The van der Waals surface area contributed by atoms with Crippen LogP contribution in [-0.4, -0.2) is 45.9 Å². The first kappa shape index (κ1) is 19.6. The number of thiazole rings is 1. The molecule has 0 aliphatic carbocycles. The van der Waals surface area contributed by atoms with Crippen LogP contribution in [0, 0.1) is 0 Å². The van der Waals surface area contributed by atoms with Gasteiger partial charge in [0, 0.05) is 5.38 Å². The van der Waals surface area contributed by atoms with Gasteiger partial charge in [0.1, 0.15) is 11.3 Å². The number of ether oxygens (including phenoxy) is 1. The van der Waals surface area contributed by atoms with E-state index in [4.69, 9.17) is 9.57 Å². The fourth-order valence-electron chi connectivity index (χ4n) is 1.46. The predicted octanol–water partition coefficient (Wildman–Crippen LogP) is 1.64. The minimum atomic E-state index is -1.38. The molecule has 1 aromatic heterocycles. The van der Waals surface area contributed by atoms with Gasteiger partial charge in [-0.1, -0.05) is 12.1 Å². The van der Waals surface area contributed by atoms with Gasteiger partial charge in [0.15, 0.2) is 5.13 Å². The fraction of sp³-hybridized carbons (Fsp3) is 0.500. The molecule has 1 amide bonds. The average molecular weight is 357 g/mol. The largest absolute Gasteiger partial charge is 0.476 e. The molecule has 0 spiro atoms. The van der Waals surface area contributed by atoms with Gasteiger partial charge in [-0.25, -0.2) is 14.6 Å². The van der Waals surface area contributed by atoms with Crippen molar-refractivity contribution in [3.8, 4) is 0 Å². The zero-order valence-electron chi connectivity index (χ0n) is 13.7. The molecule has 1 unspecified atom stereocenters. The van der Waals surface area contributed by atoms with Gasteiger partial charge in [-0.3, -0.25) is 4.79 Å². The van der Waals surface area contributed by atoms with Gasteiger partial charge in [-0.2, -0.15) is 0 Å². The Balaban J connectivity index is 2.92. The van der Waals surface area contributed by atoms with Gasteiger partial charge in [0.25, 0.3) is 0 Å². The van der Waals surface area contributed by atoms with E-state index in [2.05, 4.69) is 15.5 Å². The minimum absolute atomic E-state index is 0.0101. The van der Waals surface area contributed by atoms with Crippen molar-refractivity contribution in [1.82, 2.24) is 4.98 Å². The van der Waals surface area contributed by atoms with Crippen LogP contribution < -0.4 is 5.32 Å². The third kappa shape index (κ3) is 5.95. The fourth-order valence-corrected chi connectivity index (χ4v) is 2.12. The van der Waals surface area contributed by atoms with Gasteiger partial charge in [-0.15, -0.1) is 11.3 Å². The van der Waals surface area contributed by atoms with E-state index in [1.807, 2.05) is 0 Å². The van der Waals surface area contributed by atoms with Gasteiger partial charge < -0.3 is 20.0 Å². The van der Waals surface area contributed by atoms with E-state index >= 15 is 0 Å². The van der Waals surface area contributed by atoms with Crippen LogP contribution in [0.25, 0.3) is 0 Å². The van der Waals surface area contributed by atoms with Gasteiger partial charge in [-0.05, 0) is 27.2 Å². The molecule has 0 bridgehead atoms. The molecule has 10 heteroatoms. The molecule has 9 nitrogen and oxygen atoms in total. The first-order chi connectivity index (χ1) is 11.2. The Kier molecular flexibility index (Phi) is 6.83. The van der Waals surface area contributed by atoms with Crippen LogP contribution in [0.2, 0.25) is 0 Å². The van der Waals surface area contributed by atoms with Crippen molar-refractivity contribution in [2.45, 2.75) is 45.8 Å². The highest BCUT2D eigenvalue weighted by Gasteiger charge is 2.26. The van der Waals surface area contributed by atoms with Crippen molar-refractivity contribution in [3.05, 3.63) is 11.1 Å². The molecule has 24 heavy (non-hydrogen) atoms. The van der Waals surface area contributed by atoms with Crippen LogP contribution in [0.4, 0.5) is 5.13 Å². The van der Waals surface area contributed by atoms with Crippen LogP contribution in [0.15, 0.2) is 10.5 Å². The monoisotopic (exact) mass is 357 g/mol. The number of aromatic nitrogens is 1. The maximum atomic E-state index is 12.0. The van der Waals surface area contributed by atoms with E-state index in [1.54, 1.807) is 27.7 Å². The Morgan fingerprint density at radius 1 is 1.50 bits per heavy atom. The summed E-state index contributed by atoms with van der Waals surface area (Å²) in [6, 6.07) is 0. The van der Waals surface area contributed by atoms with Crippen molar-refractivity contribution >= 4 is 40.5 Å². The molecule has 1 aromatic rings. The summed E-state index contributed by atoms with van der Waals surface area (Å²) in [4.78, 5) is 42.6. The second-order valence-corrected chi connectivity index (χ2v) is 6.44. The second-order valence-electron chi connectivity index (χ2n) is 5.58. The Bertz CT molecular complexity index is 635. The summed E-state index contributed by atoms with van der Waals surface area (Å²) in [6.07, 6.45) is -0.364. The highest BCUT2D eigenvalue weighted by molar-refractivity contribution is 7.14. The Morgan fingerprint density at radius 2 is 2.17 bits per heavy atom. The van der Waals surface area contributed by atoms with Crippen LogP contribution >= 0.6 is 11.3 Å². The Labute approximate surface area is 142 Å². The maximum Gasteiger partial charge on any atom is 0.360 e. The SMILES string of the molecule is CCC(ON=C(C(=O)O)c1csc(NC=O)n1)C(=O)OC(C)(C)C. The third-order valence-corrected chi connectivity index (χ3v) is 3.22. The number of carboxylic acids is 1. The molecule has 0 radical (unpaired) electrons. The molecule has 0 saturated heterocycles. The first-order valence-corrected chi connectivity index (χ1v) is 7.92. The van der Waals surface area contributed by atoms with Crippen LogP contribution in [0.3, 0.4) is 0 Å². The topological polar surface area (TPSA) is 127 Å². The quantitative estimate of drug-likeness (QED) is 0.313. The molecule has 1 heterocycles.